The summed E-state index contributed by atoms with van der Waals surface area (Å²) in [5.41, 5.74) is 0.858. The van der Waals surface area contributed by atoms with Crippen molar-refractivity contribution in [1.82, 2.24) is 20.5 Å². The van der Waals surface area contributed by atoms with E-state index in [1.54, 1.807) is 36.4 Å². The van der Waals surface area contributed by atoms with Crippen LogP contribution in [0.2, 0.25) is 0 Å². The Morgan fingerprint density at radius 3 is 2.46 bits per heavy atom. The van der Waals surface area contributed by atoms with Crippen molar-refractivity contribution in [1.29, 1.82) is 0 Å². The molecule has 1 aliphatic heterocycles. The van der Waals surface area contributed by atoms with E-state index in [0.717, 1.165) is 4.88 Å². The van der Waals surface area contributed by atoms with Crippen LogP contribution in [0.1, 0.15) is 46.5 Å². The fraction of sp³-hybridized carbons (Fsp3) is 0.296. The molecule has 1 saturated heterocycles. The van der Waals surface area contributed by atoms with Crippen LogP contribution in [0.4, 0.5) is 15.5 Å². The van der Waals surface area contributed by atoms with Crippen molar-refractivity contribution in [2.75, 3.05) is 37.3 Å². The molecule has 12 heteroatoms. The first-order valence-corrected chi connectivity index (χ1v) is 13.1. The number of hydrogen-bond acceptors (Lipinski definition) is 7. The average Bonchev–Trinajstić information content (AvgIpc) is 3.33. The van der Waals surface area contributed by atoms with E-state index in [4.69, 9.17) is 4.74 Å². The lowest BCUT2D eigenvalue weighted by Gasteiger charge is -2.26. The van der Waals surface area contributed by atoms with Crippen LogP contribution in [0.25, 0.3) is 0 Å². The first-order valence-electron chi connectivity index (χ1n) is 12.3. The maximum Gasteiger partial charge on any atom is 0.324 e. The lowest BCUT2D eigenvalue weighted by atomic mass is 9.94. The summed E-state index contributed by atoms with van der Waals surface area (Å²) in [5.74, 6) is 0.109. The summed E-state index contributed by atoms with van der Waals surface area (Å²) in [6.45, 7) is 6.85. The number of nitrogens with zero attached hydrogens (tertiary/aromatic N) is 2. The van der Waals surface area contributed by atoms with Gasteiger partial charge in [0.1, 0.15) is 22.2 Å². The molecule has 39 heavy (non-hydrogen) atoms. The molecule has 0 atom stereocenters. The smallest absolute Gasteiger partial charge is 0.324 e. The Morgan fingerprint density at radius 1 is 1.05 bits per heavy atom. The van der Waals surface area contributed by atoms with Crippen molar-refractivity contribution in [2.45, 2.75) is 26.2 Å². The molecule has 5 amide bonds. The van der Waals surface area contributed by atoms with Gasteiger partial charge in [0.2, 0.25) is 5.91 Å². The molecule has 0 radical (unpaired) electrons. The molecule has 2 aromatic heterocycles. The Bertz CT molecular complexity index is 1400. The summed E-state index contributed by atoms with van der Waals surface area (Å²) in [4.78, 5) is 56.1. The number of piperazine rings is 1. The molecule has 1 fully saturated rings. The van der Waals surface area contributed by atoms with Gasteiger partial charge in [-0.05, 0) is 41.8 Å². The van der Waals surface area contributed by atoms with Crippen LogP contribution in [0.5, 0.6) is 11.5 Å². The molecule has 0 spiro atoms. The van der Waals surface area contributed by atoms with E-state index in [-0.39, 0.29) is 35.4 Å². The molecular weight excluding hydrogens is 520 g/mol. The molecule has 1 aliphatic rings. The lowest BCUT2D eigenvalue weighted by Crippen LogP contribution is -2.50. The number of ether oxygens (including phenoxy) is 1. The summed E-state index contributed by atoms with van der Waals surface area (Å²) in [7, 11) is 1.52. The highest BCUT2D eigenvalue weighted by Crippen LogP contribution is 2.37. The van der Waals surface area contributed by atoms with Crippen LogP contribution in [-0.4, -0.2) is 60.3 Å². The number of anilines is 2. The molecule has 4 N–H and O–H groups in total. The van der Waals surface area contributed by atoms with Crippen LogP contribution in [0, 0.1) is 0 Å². The first kappa shape index (κ1) is 27.6. The second kappa shape index (κ2) is 11.5. The average molecular weight is 551 g/mol. The highest BCUT2D eigenvalue weighted by Gasteiger charge is 2.29. The van der Waals surface area contributed by atoms with Crippen molar-refractivity contribution >= 4 is 45.8 Å². The summed E-state index contributed by atoms with van der Waals surface area (Å²) >= 11 is 1.33. The number of urea groups is 1. The maximum atomic E-state index is 13.3. The van der Waals surface area contributed by atoms with Gasteiger partial charge in [0, 0.05) is 43.0 Å². The SMILES string of the molecule is CNC(=O)c1cc(Oc2ccc(NC(=O)Nc3sc(C(C)(C)C)cc3C(=O)N3CCNC(=O)C3)cc2)ccn1. The van der Waals surface area contributed by atoms with Crippen molar-refractivity contribution < 1.29 is 23.9 Å². The molecule has 0 aliphatic carbocycles. The minimum Gasteiger partial charge on any atom is -0.457 e. The molecular formula is C27H30N6O5S. The molecule has 3 aromatic rings. The number of thiophene rings is 1. The van der Waals surface area contributed by atoms with Gasteiger partial charge in [-0.15, -0.1) is 11.3 Å². The first-order chi connectivity index (χ1) is 18.5. The quantitative estimate of drug-likeness (QED) is 0.368. The molecule has 3 heterocycles. The van der Waals surface area contributed by atoms with Gasteiger partial charge in [-0.25, -0.2) is 4.79 Å². The van der Waals surface area contributed by atoms with Gasteiger partial charge in [0.05, 0.1) is 12.1 Å². The van der Waals surface area contributed by atoms with Crippen molar-refractivity contribution in [3.63, 3.8) is 0 Å². The summed E-state index contributed by atoms with van der Waals surface area (Å²) in [6, 6.07) is 11.1. The van der Waals surface area contributed by atoms with Gasteiger partial charge in [0.15, 0.2) is 0 Å². The predicted molar refractivity (Wildman–Crippen MR) is 149 cm³/mol. The lowest BCUT2D eigenvalue weighted by molar-refractivity contribution is -0.123. The Kier molecular flexibility index (Phi) is 8.15. The van der Waals surface area contributed by atoms with E-state index in [1.807, 2.05) is 20.8 Å². The van der Waals surface area contributed by atoms with Crippen molar-refractivity contribution in [3.05, 3.63) is 64.8 Å². The number of carbonyl (C=O) groups excluding carboxylic acids is 4. The van der Waals surface area contributed by atoms with E-state index in [0.29, 0.717) is 40.8 Å². The fourth-order valence-corrected chi connectivity index (χ4v) is 4.83. The molecule has 204 valence electrons. The van der Waals surface area contributed by atoms with Gasteiger partial charge in [-0.3, -0.25) is 24.7 Å². The largest absolute Gasteiger partial charge is 0.457 e. The third-order valence-corrected chi connectivity index (χ3v) is 7.27. The fourth-order valence-electron chi connectivity index (χ4n) is 3.73. The van der Waals surface area contributed by atoms with E-state index >= 15 is 0 Å². The monoisotopic (exact) mass is 550 g/mol. The number of benzene rings is 1. The second-order valence-corrected chi connectivity index (χ2v) is 10.9. The zero-order chi connectivity index (χ0) is 28.2. The molecule has 0 unspecified atom stereocenters. The number of rotatable bonds is 6. The van der Waals surface area contributed by atoms with Crippen LogP contribution < -0.4 is 26.0 Å². The zero-order valence-electron chi connectivity index (χ0n) is 22.1. The Morgan fingerprint density at radius 2 is 1.79 bits per heavy atom. The predicted octanol–water partition coefficient (Wildman–Crippen LogP) is 3.81. The Hall–Kier alpha value is -4.45. The summed E-state index contributed by atoms with van der Waals surface area (Å²) < 4.78 is 5.79. The van der Waals surface area contributed by atoms with Crippen molar-refractivity contribution in [3.8, 4) is 11.5 Å². The van der Waals surface area contributed by atoms with Crippen LogP contribution in [-0.2, 0) is 10.2 Å². The summed E-state index contributed by atoms with van der Waals surface area (Å²) in [5, 5.41) is 11.2. The Labute approximate surface area is 229 Å². The van der Waals surface area contributed by atoms with Gasteiger partial charge < -0.3 is 25.6 Å². The van der Waals surface area contributed by atoms with Crippen molar-refractivity contribution in [2.24, 2.45) is 0 Å². The molecule has 1 aromatic carbocycles. The number of carbonyl (C=O) groups is 4. The molecule has 0 bridgehead atoms. The van der Waals surface area contributed by atoms with Crippen LogP contribution >= 0.6 is 11.3 Å². The third kappa shape index (κ3) is 6.90. The normalized spacial score (nSPS) is 13.3. The number of hydrogen-bond donors (Lipinski definition) is 4. The summed E-state index contributed by atoms with van der Waals surface area (Å²) in [6.07, 6.45) is 1.48. The topological polar surface area (TPSA) is 142 Å². The standard InChI is InChI=1S/C27H30N6O5S/c1-27(2,3)21-14-19(25(36)33-12-11-30-22(34)15-33)24(39-21)32-26(37)31-16-5-7-17(8-6-16)38-18-9-10-29-20(13-18)23(35)28-4/h5-10,13-14H,11-12,15H2,1-4H3,(H,28,35)(H,30,34)(H2,31,32,37). The number of nitrogens with one attached hydrogen (secondary N) is 4. The highest BCUT2D eigenvalue weighted by atomic mass is 32.1. The van der Waals surface area contributed by atoms with Gasteiger partial charge >= 0.3 is 6.03 Å². The van der Waals surface area contributed by atoms with Gasteiger partial charge in [0.25, 0.3) is 11.8 Å². The van der Waals surface area contributed by atoms with Crippen LogP contribution in [0.3, 0.4) is 0 Å². The Balaban J connectivity index is 1.44. The maximum absolute atomic E-state index is 13.3. The van der Waals surface area contributed by atoms with E-state index in [2.05, 4.69) is 26.3 Å². The van der Waals surface area contributed by atoms with Gasteiger partial charge in [-0.1, -0.05) is 20.8 Å². The zero-order valence-corrected chi connectivity index (χ0v) is 22.9. The van der Waals surface area contributed by atoms with E-state index in [9.17, 15) is 19.2 Å². The molecule has 0 saturated carbocycles. The minimum atomic E-state index is -0.513. The van der Waals surface area contributed by atoms with E-state index < -0.39 is 6.03 Å². The van der Waals surface area contributed by atoms with E-state index in [1.165, 1.54) is 35.5 Å². The second-order valence-electron chi connectivity index (χ2n) is 9.84. The highest BCUT2D eigenvalue weighted by molar-refractivity contribution is 7.16. The van der Waals surface area contributed by atoms with Gasteiger partial charge in [-0.2, -0.15) is 0 Å². The number of amides is 5. The number of pyridine rings is 1. The number of aromatic nitrogens is 1. The third-order valence-electron chi connectivity index (χ3n) is 5.79. The molecule has 11 nitrogen and oxygen atoms in total. The van der Waals surface area contributed by atoms with Crippen LogP contribution in [0.15, 0.2) is 48.7 Å². The molecule has 4 rings (SSSR count). The minimum absolute atomic E-state index is 0.0216.